The molecule has 1 N–H and O–H groups in total. The van der Waals surface area contributed by atoms with Crippen LogP contribution in [0.1, 0.15) is 53.4 Å². The highest BCUT2D eigenvalue weighted by molar-refractivity contribution is 5.68. The Morgan fingerprint density at radius 1 is 1.25 bits per heavy atom. The first-order valence-corrected chi connectivity index (χ1v) is 8.07. The molecule has 1 aliphatic carbocycles. The van der Waals surface area contributed by atoms with Crippen LogP contribution in [-0.2, 0) is 4.74 Å². The first kappa shape index (κ1) is 15.6. The van der Waals surface area contributed by atoms with Gasteiger partial charge in [-0.05, 0) is 52.0 Å². The number of hydrogen-bond donors (Lipinski definition) is 1. The number of rotatable bonds is 4. The van der Waals surface area contributed by atoms with E-state index in [1.807, 2.05) is 20.8 Å². The fourth-order valence-electron chi connectivity index (χ4n) is 3.14. The van der Waals surface area contributed by atoms with Gasteiger partial charge < -0.3 is 15.0 Å². The molecule has 0 spiro atoms. The van der Waals surface area contributed by atoms with E-state index in [2.05, 4.69) is 17.1 Å². The molecular weight excluding hydrogens is 252 g/mol. The zero-order valence-electron chi connectivity index (χ0n) is 13.4. The fraction of sp³-hybridized carbons (Fsp3) is 0.938. The monoisotopic (exact) mass is 282 g/mol. The van der Waals surface area contributed by atoms with Crippen molar-refractivity contribution in [2.24, 2.45) is 11.8 Å². The minimum absolute atomic E-state index is 0.238. The molecular formula is C16H30N2O2. The molecule has 1 aliphatic heterocycles. The highest BCUT2D eigenvalue weighted by Gasteiger charge is 2.32. The molecule has 2 aliphatic rings. The summed E-state index contributed by atoms with van der Waals surface area (Å²) in [6.45, 7) is 11.1. The zero-order chi connectivity index (χ0) is 14.8. The predicted octanol–water partition coefficient (Wildman–Crippen LogP) is 3.02. The number of likely N-dealkylation sites (tertiary alicyclic amines) is 1. The molecule has 4 heteroatoms. The Balaban J connectivity index is 1.83. The average molecular weight is 282 g/mol. The van der Waals surface area contributed by atoms with Crippen molar-refractivity contribution in [3.63, 3.8) is 0 Å². The Morgan fingerprint density at radius 3 is 2.50 bits per heavy atom. The van der Waals surface area contributed by atoms with E-state index < -0.39 is 5.60 Å². The van der Waals surface area contributed by atoms with Crippen LogP contribution in [0.2, 0.25) is 0 Å². The smallest absolute Gasteiger partial charge is 0.407 e. The van der Waals surface area contributed by atoms with Crippen molar-refractivity contribution in [1.29, 1.82) is 0 Å². The Kier molecular flexibility index (Phi) is 4.95. The number of carbonyl (C=O) groups is 1. The number of nitrogens with one attached hydrogen (secondary N) is 1. The molecule has 1 saturated heterocycles. The van der Waals surface area contributed by atoms with Gasteiger partial charge in [-0.15, -0.1) is 0 Å². The van der Waals surface area contributed by atoms with Gasteiger partial charge in [-0.3, -0.25) is 0 Å². The SMILES string of the molecule is CCN1CC(CC2CC2)CC(NC(=O)OC(C)(C)C)C1. The molecule has 2 atom stereocenters. The summed E-state index contributed by atoms with van der Waals surface area (Å²) >= 11 is 0. The van der Waals surface area contributed by atoms with Crippen LogP contribution in [0.5, 0.6) is 0 Å². The van der Waals surface area contributed by atoms with Gasteiger partial charge in [0.1, 0.15) is 5.60 Å². The molecule has 0 aromatic carbocycles. The van der Waals surface area contributed by atoms with Gasteiger partial charge in [-0.1, -0.05) is 19.8 Å². The first-order valence-electron chi connectivity index (χ1n) is 8.07. The summed E-state index contributed by atoms with van der Waals surface area (Å²) < 4.78 is 5.37. The van der Waals surface area contributed by atoms with Gasteiger partial charge in [0.15, 0.2) is 0 Å². The minimum Gasteiger partial charge on any atom is -0.444 e. The summed E-state index contributed by atoms with van der Waals surface area (Å²) in [5.41, 5.74) is -0.420. The van der Waals surface area contributed by atoms with Crippen LogP contribution in [0.15, 0.2) is 0 Å². The van der Waals surface area contributed by atoms with Gasteiger partial charge in [0.2, 0.25) is 0 Å². The molecule has 1 saturated carbocycles. The standard InChI is InChI=1S/C16H30N2O2/c1-5-18-10-13(8-12-6-7-12)9-14(11-18)17-15(19)20-16(2,3)4/h12-14H,5-11H2,1-4H3,(H,17,19). The summed E-state index contributed by atoms with van der Waals surface area (Å²) in [4.78, 5) is 14.4. The highest BCUT2D eigenvalue weighted by Crippen LogP contribution is 2.37. The highest BCUT2D eigenvalue weighted by atomic mass is 16.6. The van der Waals surface area contributed by atoms with Crippen molar-refractivity contribution in [1.82, 2.24) is 10.2 Å². The molecule has 2 fully saturated rings. The van der Waals surface area contributed by atoms with Gasteiger partial charge in [-0.25, -0.2) is 4.79 Å². The molecule has 0 radical (unpaired) electrons. The number of alkyl carbamates (subject to hydrolysis) is 1. The number of carbonyl (C=O) groups excluding carboxylic acids is 1. The lowest BCUT2D eigenvalue weighted by molar-refractivity contribution is 0.0447. The summed E-state index contributed by atoms with van der Waals surface area (Å²) in [7, 11) is 0. The molecule has 20 heavy (non-hydrogen) atoms. The summed E-state index contributed by atoms with van der Waals surface area (Å²) in [5.74, 6) is 1.69. The van der Waals surface area contributed by atoms with Crippen LogP contribution < -0.4 is 5.32 Å². The number of ether oxygens (including phenoxy) is 1. The second-order valence-corrected chi connectivity index (χ2v) is 7.48. The predicted molar refractivity (Wildman–Crippen MR) is 80.7 cm³/mol. The number of piperidine rings is 1. The van der Waals surface area contributed by atoms with Gasteiger partial charge in [0.05, 0.1) is 0 Å². The molecule has 0 bridgehead atoms. The maximum atomic E-state index is 11.9. The summed E-state index contributed by atoms with van der Waals surface area (Å²) in [5, 5.41) is 3.06. The van der Waals surface area contributed by atoms with E-state index in [4.69, 9.17) is 4.74 Å². The average Bonchev–Trinajstić information content (AvgIpc) is 3.09. The molecule has 2 rings (SSSR count). The van der Waals surface area contributed by atoms with Crippen molar-refractivity contribution >= 4 is 6.09 Å². The lowest BCUT2D eigenvalue weighted by Gasteiger charge is -2.38. The van der Waals surface area contributed by atoms with Crippen LogP contribution in [0.25, 0.3) is 0 Å². The van der Waals surface area contributed by atoms with E-state index in [0.29, 0.717) is 0 Å². The van der Waals surface area contributed by atoms with Crippen molar-refractivity contribution < 1.29 is 9.53 Å². The van der Waals surface area contributed by atoms with E-state index in [1.165, 1.54) is 25.8 Å². The van der Waals surface area contributed by atoms with Gasteiger partial charge in [0.25, 0.3) is 0 Å². The third-order valence-corrected chi connectivity index (χ3v) is 4.14. The minimum atomic E-state index is -0.420. The summed E-state index contributed by atoms with van der Waals surface area (Å²) in [6, 6.07) is 0.238. The Labute approximate surface area is 123 Å². The van der Waals surface area contributed by atoms with Crippen LogP contribution in [-0.4, -0.2) is 42.3 Å². The van der Waals surface area contributed by atoms with Gasteiger partial charge in [-0.2, -0.15) is 0 Å². The molecule has 1 amide bonds. The zero-order valence-corrected chi connectivity index (χ0v) is 13.4. The number of likely N-dealkylation sites (N-methyl/N-ethyl adjacent to an activating group) is 1. The third-order valence-electron chi connectivity index (χ3n) is 4.14. The quantitative estimate of drug-likeness (QED) is 0.862. The van der Waals surface area contributed by atoms with Gasteiger partial charge >= 0.3 is 6.09 Å². The molecule has 2 unspecified atom stereocenters. The third kappa shape index (κ3) is 5.31. The maximum absolute atomic E-state index is 11.9. The van der Waals surface area contributed by atoms with Crippen LogP contribution >= 0.6 is 0 Å². The second-order valence-electron chi connectivity index (χ2n) is 7.48. The van der Waals surface area contributed by atoms with Crippen molar-refractivity contribution in [3.8, 4) is 0 Å². The fourth-order valence-corrected chi connectivity index (χ4v) is 3.14. The first-order chi connectivity index (χ1) is 9.35. The van der Waals surface area contributed by atoms with Crippen molar-refractivity contribution in [2.75, 3.05) is 19.6 Å². The molecule has 116 valence electrons. The van der Waals surface area contributed by atoms with E-state index in [1.54, 1.807) is 0 Å². The van der Waals surface area contributed by atoms with Gasteiger partial charge in [0, 0.05) is 19.1 Å². The Hall–Kier alpha value is -0.770. The second kappa shape index (κ2) is 6.33. The summed E-state index contributed by atoms with van der Waals surface area (Å²) in [6.07, 6.45) is 4.99. The number of nitrogens with zero attached hydrogens (tertiary/aromatic N) is 1. The Bertz CT molecular complexity index is 334. The Morgan fingerprint density at radius 2 is 1.95 bits per heavy atom. The largest absolute Gasteiger partial charge is 0.444 e. The van der Waals surface area contributed by atoms with Crippen molar-refractivity contribution in [2.45, 2.75) is 65.0 Å². The topological polar surface area (TPSA) is 41.6 Å². The number of amides is 1. The van der Waals surface area contributed by atoms with E-state index in [-0.39, 0.29) is 12.1 Å². The molecule has 1 heterocycles. The van der Waals surface area contributed by atoms with E-state index in [9.17, 15) is 4.79 Å². The molecule has 0 aromatic rings. The lowest BCUT2D eigenvalue weighted by atomic mass is 9.90. The number of hydrogen-bond acceptors (Lipinski definition) is 3. The molecule has 4 nitrogen and oxygen atoms in total. The van der Waals surface area contributed by atoms with Crippen LogP contribution in [0.4, 0.5) is 4.79 Å². The van der Waals surface area contributed by atoms with Crippen LogP contribution in [0.3, 0.4) is 0 Å². The van der Waals surface area contributed by atoms with Crippen LogP contribution in [0, 0.1) is 11.8 Å². The lowest BCUT2D eigenvalue weighted by Crippen LogP contribution is -2.51. The van der Waals surface area contributed by atoms with E-state index in [0.717, 1.165) is 31.3 Å². The normalized spacial score (nSPS) is 28.2. The van der Waals surface area contributed by atoms with E-state index >= 15 is 0 Å². The maximum Gasteiger partial charge on any atom is 0.407 e. The van der Waals surface area contributed by atoms with Crippen molar-refractivity contribution in [3.05, 3.63) is 0 Å². The molecule has 0 aromatic heterocycles.